The Morgan fingerprint density at radius 1 is 1.08 bits per heavy atom. The van der Waals surface area contributed by atoms with E-state index < -0.39 is 0 Å². The molecule has 1 heterocycles. The number of amides is 1. The van der Waals surface area contributed by atoms with Gasteiger partial charge in [-0.3, -0.25) is 9.78 Å². The van der Waals surface area contributed by atoms with Crippen LogP contribution in [0.25, 0.3) is 10.9 Å². The first-order valence-corrected chi connectivity index (χ1v) is 8.57. The van der Waals surface area contributed by atoms with E-state index in [1.54, 1.807) is 0 Å². The number of aryl methyl sites for hydroxylation is 1. The third kappa shape index (κ3) is 3.33. The zero-order chi connectivity index (χ0) is 17.8. The number of hydrogen-bond acceptors (Lipinski definition) is 3. The summed E-state index contributed by atoms with van der Waals surface area (Å²) in [4.78, 5) is 17.8. The standard InChI is InChI=1S/C21H22N2O2/c1-4-16-14(3)20(15-10-6-7-11-17(15)22-16)21(24)23-18-12-8-9-13-19(18)25-5-2/h6-13H,4-5H2,1-3H3,(H,23,24). The summed E-state index contributed by atoms with van der Waals surface area (Å²) in [5, 5.41) is 3.87. The van der Waals surface area contributed by atoms with Gasteiger partial charge in [0.25, 0.3) is 5.91 Å². The summed E-state index contributed by atoms with van der Waals surface area (Å²) in [6, 6.07) is 15.2. The maximum absolute atomic E-state index is 13.1. The van der Waals surface area contributed by atoms with Crippen LogP contribution in [0.2, 0.25) is 0 Å². The number of carbonyl (C=O) groups is 1. The van der Waals surface area contributed by atoms with Crippen molar-refractivity contribution in [3.05, 3.63) is 65.4 Å². The predicted octanol–water partition coefficient (Wildman–Crippen LogP) is 4.76. The molecule has 3 rings (SSSR count). The lowest BCUT2D eigenvalue weighted by atomic mass is 9.99. The molecule has 0 fully saturated rings. The Balaban J connectivity index is 2.07. The molecule has 25 heavy (non-hydrogen) atoms. The smallest absolute Gasteiger partial charge is 0.256 e. The van der Waals surface area contributed by atoms with Crippen LogP contribution in [0, 0.1) is 6.92 Å². The number of aromatic nitrogens is 1. The number of ether oxygens (including phenoxy) is 1. The normalized spacial score (nSPS) is 10.7. The number of para-hydroxylation sites is 3. The molecule has 4 heteroatoms. The second kappa shape index (κ2) is 7.34. The van der Waals surface area contributed by atoms with E-state index in [4.69, 9.17) is 4.74 Å². The van der Waals surface area contributed by atoms with Gasteiger partial charge in [0.05, 0.1) is 23.4 Å². The van der Waals surface area contributed by atoms with Crippen molar-refractivity contribution in [3.63, 3.8) is 0 Å². The van der Waals surface area contributed by atoms with E-state index in [2.05, 4.69) is 17.2 Å². The molecular weight excluding hydrogens is 312 g/mol. The molecule has 0 unspecified atom stereocenters. The lowest BCUT2D eigenvalue weighted by Crippen LogP contribution is -2.16. The number of benzene rings is 2. The van der Waals surface area contributed by atoms with Gasteiger partial charge in [-0.05, 0) is 44.0 Å². The Bertz CT molecular complexity index is 919. The van der Waals surface area contributed by atoms with Crippen LogP contribution in [0.3, 0.4) is 0 Å². The molecule has 0 radical (unpaired) electrons. The number of nitrogens with one attached hydrogen (secondary N) is 1. The molecule has 0 atom stereocenters. The van der Waals surface area contributed by atoms with Crippen molar-refractivity contribution in [2.24, 2.45) is 0 Å². The minimum Gasteiger partial charge on any atom is -0.492 e. The van der Waals surface area contributed by atoms with Crippen LogP contribution in [0.1, 0.15) is 35.5 Å². The molecule has 128 valence electrons. The number of nitrogens with zero attached hydrogens (tertiary/aromatic N) is 1. The maximum atomic E-state index is 13.1. The van der Waals surface area contributed by atoms with Gasteiger partial charge in [0, 0.05) is 11.1 Å². The van der Waals surface area contributed by atoms with Crippen LogP contribution in [0.5, 0.6) is 5.75 Å². The van der Waals surface area contributed by atoms with Gasteiger partial charge in [-0.15, -0.1) is 0 Å². The van der Waals surface area contributed by atoms with Crippen LogP contribution in [0.15, 0.2) is 48.5 Å². The lowest BCUT2D eigenvalue weighted by molar-refractivity contribution is 0.102. The third-order valence-electron chi connectivity index (χ3n) is 4.23. The summed E-state index contributed by atoms with van der Waals surface area (Å²) >= 11 is 0. The summed E-state index contributed by atoms with van der Waals surface area (Å²) in [5.74, 6) is 0.531. The van der Waals surface area contributed by atoms with Crippen molar-refractivity contribution >= 4 is 22.5 Å². The quantitative estimate of drug-likeness (QED) is 0.732. The zero-order valence-corrected chi connectivity index (χ0v) is 14.8. The Labute approximate surface area is 147 Å². The van der Waals surface area contributed by atoms with E-state index in [0.29, 0.717) is 23.6 Å². The summed E-state index contributed by atoms with van der Waals surface area (Å²) in [5.41, 5.74) is 4.06. The van der Waals surface area contributed by atoms with Crippen LogP contribution >= 0.6 is 0 Å². The van der Waals surface area contributed by atoms with E-state index >= 15 is 0 Å². The van der Waals surface area contributed by atoms with Gasteiger partial charge in [-0.2, -0.15) is 0 Å². The second-order valence-corrected chi connectivity index (χ2v) is 5.81. The van der Waals surface area contributed by atoms with E-state index in [1.165, 1.54) is 0 Å². The first-order valence-electron chi connectivity index (χ1n) is 8.57. The molecule has 3 aromatic rings. The summed E-state index contributed by atoms with van der Waals surface area (Å²) in [6.07, 6.45) is 0.784. The number of fused-ring (bicyclic) bond motifs is 1. The maximum Gasteiger partial charge on any atom is 0.256 e. The fourth-order valence-electron chi connectivity index (χ4n) is 3.03. The van der Waals surface area contributed by atoms with Crippen molar-refractivity contribution in [2.45, 2.75) is 27.2 Å². The van der Waals surface area contributed by atoms with Gasteiger partial charge in [0.2, 0.25) is 0 Å². The second-order valence-electron chi connectivity index (χ2n) is 5.81. The van der Waals surface area contributed by atoms with Gasteiger partial charge in [-0.1, -0.05) is 37.3 Å². The van der Waals surface area contributed by atoms with Gasteiger partial charge < -0.3 is 10.1 Å². The van der Waals surface area contributed by atoms with Crippen molar-refractivity contribution in [2.75, 3.05) is 11.9 Å². The highest BCUT2D eigenvalue weighted by atomic mass is 16.5. The molecule has 0 saturated heterocycles. The van der Waals surface area contributed by atoms with Gasteiger partial charge in [-0.25, -0.2) is 0 Å². The number of hydrogen-bond donors (Lipinski definition) is 1. The molecule has 2 aromatic carbocycles. The van der Waals surface area contributed by atoms with Crippen molar-refractivity contribution in [1.29, 1.82) is 0 Å². The molecule has 0 aliphatic carbocycles. The van der Waals surface area contributed by atoms with Gasteiger partial charge >= 0.3 is 0 Å². The number of carbonyl (C=O) groups excluding carboxylic acids is 1. The fourth-order valence-corrected chi connectivity index (χ4v) is 3.03. The largest absolute Gasteiger partial charge is 0.492 e. The topological polar surface area (TPSA) is 51.2 Å². The van der Waals surface area contributed by atoms with Gasteiger partial charge in [0.15, 0.2) is 0 Å². The Morgan fingerprint density at radius 3 is 2.56 bits per heavy atom. The Hall–Kier alpha value is -2.88. The summed E-state index contributed by atoms with van der Waals surface area (Å²) in [7, 11) is 0. The van der Waals surface area contributed by atoms with E-state index in [-0.39, 0.29) is 5.91 Å². The fraction of sp³-hybridized carbons (Fsp3) is 0.238. The molecule has 0 aliphatic rings. The van der Waals surface area contributed by atoms with Crippen LogP contribution in [0.4, 0.5) is 5.69 Å². The minimum atomic E-state index is -0.141. The van der Waals surface area contributed by atoms with E-state index in [9.17, 15) is 4.79 Å². The highest BCUT2D eigenvalue weighted by Crippen LogP contribution is 2.28. The zero-order valence-electron chi connectivity index (χ0n) is 14.8. The number of rotatable bonds is 5. The van der Waals surface area contributed by atoms with Crippen molar-refractivity contribution in [1.82, 2.24) is 4.98 Å². The van der Waals surface area contributed by atoms with Crippen LogP contribution < -0.4 is 10.1 Å². The third-order valence-corrected chi connectivity index (χ3v) is 4.23. The Morgan fingerprint density at radius 2 is 1.80 bits per heavy atom. The van der Waals surface area contributed by atoms with Gasteiger partial charge in [0.1, 0.15) is 5.75 Å². The molecule has 4 nitrogen and oxygen atoms in total. The lowest BCUT2D eigenvalue weighted by Gasteiger charge is -2.15. The van der Waals surface area contributed by atoms with Crippen LogP contribution in [-0.2, 0) is 6.42 Å². The molecule has 1 N–H and O–H groups in total. The summed E-state index contributed by atoms with van der Waals surface area (Å²) in [6.45, 7) is 6.48. The predicted molar refractivity (Wildman–Crippen MR) is 101 cm³/mol. The monoisotopic (exact) mass is 334 g/mol. The van der Waals surface area contributed by atoms with E-state index in [0.717, 1.165) is 28.6 Å². The average Bonchev–Trinajstić information content (AvgIpc) is 2.63. The molecule has 0 bridgehead atoms. The van der Waals surface area contributed by atoms with Crippen LogP contribution in [-0.4, -0.2) is 17.5 Å². The molecule has 0 aliphatic heterocycles. The molecular formula is C21H22N2O2. The SMILES string of the molecule is CCOc1ccccc1NC(=O)c1c(C)c(CC)nc2ccccc12. The van der Waals surface area contributed by atoms with Crippen molar-refractivity contribution in [3.8, 4) is 5.75 Å². The number of pyridine rings is 1. The Kier molecular flexibility index (Phi) is 4.98. The highest BCUT2D eigenvalue weighted by molar-refractivity contribution is 6.14. The average molecular weight is 334 g/mol. The first kappa shape index (κ1) is 17.0. The molecule has 1 amide bonds. The number of anilines is 1. The summed E-state index contributed by atoms with van der Waals surface area (Å²) < 4.78 is 5.61. The highest BCUT2D eigenvalue weighted by Gasteiger charge is 2.18. The first-order chi connectivity index (χ1) is 12.2. The van der Waals surface area contributed by atoms with Crippen molar-refractivity contribution < 1.29 is 9.53 Å². The molecule has 1 aromatic heterocycles. The molecule has 0 spiro atoms. The molecule has 0 saturated carbocycles. The van der Waals surface area contributed by atoms with E-state index in [1.807, 2.05) is 62.4 Å². The minimum absolute atomic E-state index is 0.141.